The third-order valence-corrected chi connectivity index (χ3v) is 14.3. The maximum absolute atomic E-state index is 13.3. The summed E-state index contributed by atoms with van der Waals surface area (Å²) < 4.78 is 46.2. The number of aliphatic imine (C=N–C) groups is 2. The molecule has 0 bridgehead atoms. The highest BCUT2D eigenvalue weighted by Crippen LogP contribution is 2.34. The van der Waals surface area contributed by atoms with Crippen molar-refractivity contribution < 1.29 is 32.2 Å². The second-order valence-electron chi connectivity index (χ2n) is 16.1. The van der Waals surface area contributed by atoms with Gasteiger partial charge < -0.3 is 19.1 Å². The molecule has 0 spiro atoms. The van der Waals surface area contributed by atoms with Crippen LogP contribution in [0.25, 0.3) is 15.8 Å². The molecule has 3 aliphatic heterocycles. The van der Waals surface area contributed by atoms with Crippen LogP contribution in [0.5, 0.6) is 5.19 Å². The van der Waals surface area contributed by atoms with E-state index in [0.29, 0.717) is 30.7 Å². The molecule has 4 heterocycles. The van der Waals surface area contributed by atoms with Crippen LogP contribution in [0.3, 0.4) is 0 Å². The summed E-state index contributed by atoms with van der Waals surface area (Å²) in [6.45, 7) is 15.8. The minimum atomic E-state index is -3.58. The van der Waals surface area contributed by atoms with Crippen molar-refractivity contribution >= 4 is 69.3 Å². The van der Waals surface area contributed by atoms with Gasteiger partial charge in [-0.2, -0.15) is 4.31 Å². The first-order valence-corrected chi connectivity index (χ1v) is 25.2. The van der Waals surface area contributed by atoms with Crippen molar-refractivity contribution in [3.05, 3.63) is 29.8 Å². The van der Waals surface area contributed by atoms with E-state index in [-0.39, 0.29) is 37.7 Å². The number of aromatic nitrogens is 1. The van der Waals surface area contributed by atoms with Gasteiger partial charge in [-0.25, -0.2) is 18.4 Å². The quantitative estimate of drug-likeness (QED) is 0.133. The Kier molecular flexibility index (Phi) is 13.9. The summed E-state index contributed by atoms with van der Waals surface area (Å²) in [7, 11) is -4.90. The summed E-state index contributed by atoms with van der Waals surface area (Å²) in [5, 5.41) is 0.671. The van der Waals surface area contributed by atoms with Crippen molar-refractivity contribution in [3.63, 3.8) is 0 Å². The van der Waals surface area contributed by atoms with E-state index in [1.165, 1.54) is 4.31 Å². The molecule has 0 aliphatic carbocycles. The molecule has 0 saturated carbocycles. The first-order chi connectivity index (χ1) is 25.1. The van der Waals surface area contributed by atoms with Crippen molar-refractivity contribution in [1.29, 1.82) is 0 Å². The van der Waals surface area contributed by atoms with Crippen molar-refractivity contribution in [2.45, 2.75) is 110 Å². The molecular formula is C38H57N5O7S2Si. The Morgan fingerprint density at radius 2 is 1.83 bits per heavy atom. The van der Waals surface area contributed by atoms with Crippen LogP contribution in [0.15, 0.2) is 34.3 Å². The summed E-state index contributed by atoms with van der Waals surface area (Å²) in [5.41, 5.74) is 2.05. The SMILES string of the molecule is CCCC1C=NC(N2CCC(Oc3nc4ccc(C5=CCN(S(=O)(=O)CCC(C)(C)OC(=O)CCC(=O)OCC[Si](C)(C)C)CC5)cc4s3)CC2)=NC1. The number of ether oxygens (including phenoxy) is 3. The lowest BCUT2D eigenvalue weighted by Gasteiger charge is -2.33. The van der Waals surface area contributed by atoms with Gasteiger partial charge in [0.1, 0.15) is 11.7 Å². The molecule has 15 heteroatoms. The number of hydrogen-bond donors (Lipinski definition) is 0. The number of nitrogens with zero attached hydrogens (tertiary/aromatic N) is 5. The molecule has 2 aromatic rings. The molecule has 1 aromatic heterocycles. The number of hydrogen-bond acceptors (Lipinski definition) is 12. The Morgan fingerprint density at radius 3 is 2.49 bits per heavy atom. The highest BCUT2D eigenvalue weighted by atomic mass is 32.2. The Labute approximate surface area is 320 Å². The molecule has 5 rings (SSSR count). The van der Waals surface area contributed by atoms with Gasteiger partial charge in [-0.05, 0) is 56.0 Å². The van der Waals surface area contributed by atoms with Crippen molar-refractivity contribution in [1.82, 2.24) is 14.2 Å². The van der Waals surface area contributed by atoms with Crippen LogP contribution in [-0.2, 0) is 29.1 Å². The van der Waals surface area contributed by atoms with Crippen LogP contribution in [0.2, 0.25) is 25.7 Å². The molecule has 1 unspecified atom stereocenters. The topological polar surface area (TPSA) is 140 Å². The second-order valence-corrected chi connectivity index (χ2v) is 24.8. The number of thiazole rings is 1. The Balaban J connectivity index is 1.06. The van der Waals surface area contributed by atoms with Gasteiger partial charge in [-0.15, -0.1) is 0 Å². The number of guanidine groups is 1. The van der Waals surface area contributed by atoms with Crippen molar-refractivity contribution in [2.24, 2.45) is 15.9 Å². The number of likely N-dealkylation sites (tertiary alicyclic amines) is 1. The summed E-state index contributed by atoms with van der Waals surface area (Å²) >= 11 is 1.54. The van der Waals surface area contributed by atoms with E-state index >= 15 is 0 Å². The summed E-state index contributed by atoms with van der Waals surface area (Å²) in [6.07, 6.45) is 8.77. The minimum absolute atomic E-state index is 0.0566. The first kappa shape index (κ1) is 41.0. The van der Waals surface area contributed by atoms with E-state index in [4.69, 9.17) is 24.2 Å². The van der Waals surface area contributed by atoms with Crippen LogP contribution >= 0.6 is 11.3 Å². The van der Waals surface area contributed by atoms with E-state index in [1.54, 1.807) is 25.2 Å². The highest BCUT2D eigenvalue weighted by molar-refractivity contribution is 7.89. The van der Waals surface area contributed by atoms with Gasteiger partial charge in [0.25, 0.3) is 5.19 Å². The zero-order chi connectivity index (χ0) is 38.2. The van der Waals surface area contributed by atoms with Crippen LogP contribution in [0, 0.1) is 5.92 Å². The molecular weight excluding hydrogens is 731 g/mol. The third-order valence-electron chi connectivity index (χ3n) is 9.83. The lowest BCUT2D eigenvalue weighted by atomic mass is 10.0. The van der Waals surface area contributed by atoms with E-state index < -0.39 is 35.6 Å². The molecule has 0 N–H and O–H groups in total. The molecule has 12 nitrogen and oxygen atoms in total. The number of rotatable bonds is 16. The van der Waals surface area contributed by atoms with Gasteiger partial charge in [0, 0.05) is 65.6 Å². The fourth-order valence-corrected chi connectivity index (χ4v) is 9.79. The molecule has 0 amide bonds. The number of carbonyl (C=O) groups excluding carboxylic acids is 2. The molecule has 292 valence electrons. The Morgan fingerprint density at radius 1 is 1.08 bits per heavy atom. The average Bonchev–Trinajstić information content (AvgIpc) is 3.52. The molecule has 53 heavy (non-hydrogen) atoms. The number of piperidine rings is 1. The maximum Gasteiger partial charge on any atom is 0.306 e. The number of carbonyl (C=O) groups is 2. The Bertz CT molecular complexity index is 1790. The summed E-state index contributed by atoms with van der Waals surface area (Å²) in [6, 6.07) is 7.04. The molecule has 1 fully saturated rings. The second kappa shape index (κ2) is 18.0. The lowest BCUT2D eigenvalue weighted by Crippen LogP contribution is -2.42. The summed E-state index contributed by atoms with van der Waals surface area (Å²) in [5.74, 6) is 0.197. The molecule has 3 aliphatic rings. The molecule has 1 aromatic carbocycles. The van der Waals surface area contributed by atoms with Gasteiger partial charge in [-0.3, -0.25) is 14.6 Å². The van der Waals surface area contributed by atoms with Crippen molar-refractivity contribution in [3.8, 4) is 5.19 Å². The van der Waals surface area contributed by atoms with Gasteiger partial charge in [0.15, 0.2) is 0 Å². The van der Waals surface area contributed by atoms with Crippen LogP contribution < -0.4 is 4.74 Å². The fraction of sp³-hybridized carbons (Fsp3) is 0.658. The number of sulfonamides is 1. The van der Waals surface area contributed by atoms with Gasteiger partial charge >= 0.3 is 11.9 Å². The molecule has 0 radical (unpaired) electrons. The number of fused-ring (bicyclic) bond motifs is 1. The zero-order valence-corrected chi connectivity index (χ0v) is 34.9. The fourth-order valence-electron chi connectivity index (χ4n) is 6.47. The van der Waals surface area contributed by atoms with Gasteiger partial charge in [0.2, 0.25) is 16.0 Å². The zero-order valence-electron chi connectivity index (χ0n) is 32.3. The number of benzene rings is 1. The predicted molar refractivity (Wildman–Crippen MR) is 215 cm³/mol. The van der Waals surface area contributed by atoms with Crippen LogP contribution in [0.1, 0.15) is 77.7 Å². The van der Waals surface area contributed by atoms with Crippen LogP contribution in [-0.4, -0.2) is 112 Å². The molecule has 1 saturated heterocycles. The smallest absolute Gasteiger partial charge is 0.306 e. The van der Waals surface area contributed by atoms with E-state index in [1.807, 2.05) is 18.2 Å². The predicted octanol–water partition coefficient (Wildman–Crippen LogP) is 6.79. The average molecular weight is 788 g/mol. The normalized spacial score (nSPS) is 19.2. The first-order valence-electron chi connectivity index (χ1n) is 19.0. The highest BCUT2D eigenvalue weighted by Gasteiger charge is 2.31. The number of esters is 2. The minimum Gasteiger partial charge on any atom is -0.467 e. The monoisotopic (exact) mass is 787 g/mol. The van der Waals surface area contributed by atoms with E-state index in [9.17, 15) is 18.0 Å². The molecule has 1 atom stereocenters. The van der Waals surface area contributed by atoms with Gasteiger partial charge in [0.05, 0.1) is 42.0 Å². The van der Waals surface area contributed by atoms with Gasteiger partial charge in [-0.1, -0.05) is 56.5 Å². The Hall–Kier alpha value is -3.14. The lowest BCUT2D eigenvalue weighted by molar-refractivity contribution is -0.159. The standard InChI is InChI=1S/C38H57N5O7S2Si/c1-7-8-28-26-39-36(40-27-28)42-18-15-31(16-19-42)49-37-41-32-10-9-30(25-33(32)51-37)29-13-20-43(21-14-29)52(46,47)23-17-38(2,3)50-35(45)12-11-34(44)48-22-24-53(4,5)6/h9-10,13,25-26,28,31H,7-8,11-12,14-24,27H2,1-6H3. The largest absolute Gasteiger partial charge is 0.467 e. The van der Waals surface area contributed by atoms with E-state index in [0.717, 1.165) is 78.7 Å². The summed E-state index contributed by atoms with van der Waals surface area (Å²) in [4.78, 5) is 40.8. The third kappa shape index (κ3) is 12.4. The van der Waals surface area contributed by atoms with Crippen molar-refractivity contribution in [2.75, 3.05) is 45.1 Å². The maximum atomic E-state index is 13.3. The van der Waals surface area contributed by atoms with E-state index in [2.05, 4.69) is 48.7 Å². The van der Waals surface area contributed by atoms with Crippen LogP contribution in [0.4, 0.5) is 0 Å².